The first-order valence-electron chi connectivity index (χ1n) is 19.0. The first-order valence-corrected chi connectivity index (χ1v) is 19.0. The molecule has 0 radical (unpaired) electrons. The van der Waals surface area contributed by atoms with Gasteiger partial charge in [-0.15, -0.1) is 0 Å². The van der Waals surface area contributed by atoms with Crippen molar-refractivity contribution in [3.05, 3.63) is 36.5 Å². The number of likely N-dealkylation sites (N-methyl/N-ethyl adjacent to an activating group) is 1. The van der Waals surface area contributed by atoms with E-state index in [0.29, 0.717) is 12.8 Å². The highest BCUT2D eigenvalue weighted by Crippen LogP contribution is 2.12. The maximum atomic E-state index is 12.6. The van der Waals surface area contributed by atoms with E-state index < -0.39 is 18.1 Å². The molecular formula is C40H71NO7. The van der Waals surface area contributed by atoms with E-state index in [-0.39, 0.29) is 42.7 Å². The van der Waals surface area contributed by atoms with Crippen LogP contribution in [-0.4, -0.2) is 75.5 Å². The van der Waals surface area contributed by atoms with Crippen LogP contribution in [0.25, 0.3) is 0 Å². The second kappa shape index (κ2) is 31.8. The molecule has 0 rings (SSSR count). The number of nitrogens with zero attached hydrogens (tertiary/aromatic N) is 1. The lowest BCUT2D eigenvalue weighted by Crippen LogP contribution is -2.55. The number of carbonyl (C=O) groups excluding carboxylic acids is 3. The van der Waals surface area contributed by atoms with Gasteiger partial charge < -0.3 is 28.6 Å². The third-order valence-corrected chi connectivity index (χ3v) is 8.23. The van der Waals surface area contributed by atoms with E-state index in [1.54, 1.807) is 21.1 Å². The van der Waals surface area contributed by atoms with Gasteiger partial charge in [-0.1, -0.05) is 108 Å². The van der Waals surface area contributed by atoms with Crippen molar-refractivity contribution in [3.8, 4) is 0 Å². The van der Waals surface area contributed by atoms with Crippen LogP contribution in [0.3, 0.4) is 0 Å². The topological polar surface area (TPSA) is 102 Å². The molecule has 278 valence electrons. The Hall–Kier alpha value is -2.45. The highest BCUT2D eigenvalue weighted by atomic mass is 16.6. The van der Waals surface area contributed by atoms with E-state index in [0.717, 1.165) is 83.5 Å². The van der Waals surface area contributed by atoms with Gasteiger partial charge >= 0.3 is 11.9 Å². The van der Waals surface area contributed by atoms with Crippen LogP contribution in [0.2, 0.25) is 0 Å². The summed E-state index contributed by atoms with van der Waals surface area (Å²) in [6.45, 7) is 4.51. The van der Waals surface area contributed by atoms with Gasteiger partial charge in [0.1, 0.15) is 12.6 Å². The lowest BCUT2D eigenvalue weighted by molar-refractivity contribution is -0.889. The number of allylic oxidation sites excluding steroid dienone is 6. The van der Waals surface area contributed by atoms with Gasteiger partial charge in [0, 0.05) is 19.3 Å². The molecule has 2 atom stereocenters. The fraction of sp³-hybridized carbons (Fsp3) is 0.775. The fourth-order valence-electron chi connectivity index (χ4n) is 5.20. The summed E-state index contributed by atoms with van der Waals surface area (Å²) in [5.74, 6) is -1.77. The molecule has 0 aliphatic heterocycles. The Balaban J connectivity index is 4.47. The summed E-state index contributed by atoms with van der Waals surface area (Å²) in [6, 6.07) is -0.727. The number of carboxylic acid groups (broad SMARTS) is 1. The zero-order valence-corrected chi connectivity index (χ0v) is 31.4. The Bertz CT molecular complexity index is 891. The van der Waals surface area contributed by atoms with Crippen LogP contribution in [-0.2, 0) is 28.6 Å². The molecule has 0 spiro atoms. The van der Waals surface area contributed by atoms with Gasteiger partial charge in [-0.2, -0.15) is 0 Å². The number of quaternary nitrogens is 1. The molecule has 0 N–H and O–H groups in total. The molecule has 0 aromatic heterocycles. The lowest BCUT2D eigenvalue weighted by Gasteiger charge is -2.34. The van der Waals surface area contributed by atoms with E-state index in [2.05, 4.69) is 50.3 Å². The molecule has 0 aromatic rings. The number of rotatable bonds is 33. The average molecular weight is 678 g/mol. The third-order valence-electron chi connectivity index (χ3n) is 8.23. The highest BCUT2D eigenvalue weighted by molar-refractivity contribution is 5.70. The van der Waals surface area contributed by atoms with Crippen molar-refractivity contribution in [1.29, 1.82) is 0 Å². The van der Waals surface area contributed by atoms with Gasteiger partial charge in [0.2, 0.25) is 0 Å². The fourth-order valence-corrected chi connectivity index (χ4v) is 5.20. The number of hydrogen-bond acceptors (Lipinski definition) is 7. The van der Waals surface area contributed by atoms with Gasteiger partial charge in [-0.3, -0.25) is 9.59 Å². The minimum atomic E-state index is -1.13. The summed E-state index contributed by atoms with van der Waals surface area (Å²) < 4.78 is 17.0. The summed E-state index contributed by atoms with van der Waals surface area (Å²) in [5.41, 5.74) is 0. The van der Waals surface area contributed by atoms with Crippen LogP contribution in [0.5, 0.6) is 0 Å². The molecule has 0 aliphatic rings. The molecule has 0 aliphatic carbocycles. The Morgan fingerprint density at radius 2 is 1.15 bits per heavy atom. The Labute approximate surface area is 293 Å². The Morgan fingerprint density at radius 1 is 0.625 bits per heavy atom. The van der Waals surface area contributed by atoms with Crippen molar-refractivity contribution < 1.29 is 38.2 Å². The molecule has 0 fully saturated rings. The van der Waals surface area contributed by atoms with Crippen molar-refractivity contribution in [3.63, 3.8) is 0 Å². The van der Waals surface area contributed by atoms with Crippen molar-refractivity contribution >= 4 is 17.9 Å². The van der Waals surface area contributed by atoms with Gasteiger partial charge in [0.05, 0.1) is 40.3 Å². The van der Waals surface area contributed by atoms with Crippen molar-refractivity contribution in [2.24, 2.45) is 0 Å². The van der Waals surface area contributed by atoms with Crippen LogP contribution in [0.4, 0.5) is 0 Å². The molecule has 0 heterocycles. The minimum Gasteiger partial charge on any atom is -0.544 e. The molecule has 0 saturated heterocycles. The Kier molecular flexibility index (Phi) is 30.2. The number of ether oxygens (including phenoxy) is 3. The second-order valence-corrected chi connectivity index (χ2v) is 13.8. The van der Waals surface area contributed by atoms with Crippen LogP contribution < -0.4 is 5.11 Å². The molecule has 0 bridgehead atoms. The third kappa shape index (κ3) is 29.7. The maximum absolute atomic E-state index is 12.6. The summed E-state index contributed by atoms with van der Waals surface area (Å²) in [7, 11) is 5.38. The molecular weight excluding hydrogens is 606 g/mol. The smallest absolute Gasteiger partial charge is 0.306 e. The number of unbranched alkanes of at least 4 members (excludes halogenated alkanes) is 13. The van der Waals surface area contributed by atoms with Crippen LogP contribution in [0.1, 0.15) is 149 Å². The number of carbonyl (C=O) groups is 3. The van der Waals surface area contributed by atoms with Crippen molar-refractivity contribution in [2.75, 3.05) is 41.0 Å². The van der Waals surface area contributed by atoms with Gasteiger partial charge in [0.25, 0.3) is 0 Å². The normalized spacial score (nSPS) is 13.4. The SMILES string of the molecule is CCC/C=C\C/C=C\CCCCCCCC(=O)OC(COCCC(C(=O)[O-])[N+](C)(C)C)COC(=O)CCCCCCC/C=C\CCCC. The van der Waals surface area contributed by atoms with E-state index in [4.69, 9.17) is 14.2 Å². The van der Waals surface area contributed by atoms with Gasteiger partial charge in [-0.25, -0.2) is 0 Å². The number of esters is 2. The molecule has 2 unspecified atom stereocenters. The van der Waals surface area contributed by atoms with E-state index >= 15 is 0 Å². The lowest BCUT2D eigenvalue weighted by atomic mass is 10.1. The first kappa shape index (κ1) is 45.6. The summed E-state index contributed by atoms with van der Waals surface area (Å²) in [5, 5.41) is 11.6. The van der Waals surface area contributed by atoms with Crippen molar-refractivity contribution in [1.82, 2.24) is 0 Å². The molecule has 0 amide bonds. The van der Waals surface area contributed by atoms with Gasteiger partial charge in [-0.05, 0) is 57.8 Å². The second-order valence-electron chi connectivity index (χ2n) is 13.8. The quantitative estimate of drug-likeness (QED) is 0.0299. The standard InChI is InChI=1S/C40H71NO7/c1-6-8-10-12-14-16-18-19-21-23-25-27-29-31-39(43)48-36(34-46-33-32-37(40(44)45)41(3,4)5)35-47-38(42)30-28-26-24-22-20-17-15-13-11-9-7-2/h10,12-13,15-16,18,36-37H,6-9,11,14,17,19-35H2,1-5H3/b12-10-,15-13-,18-16-. The summed E-state index contributed by atoms with van der Waals surface area (Å²) >= 11 is 0. The largest absolute Gasteiger partial charge is 0.544 e. The van der Waals surface area contributed by atoms with Crippen LogP contribution >= 0.6 is 0 Å². The van der Waals surface area contributed by atoms with Crippen LogP contribution in [0, 0.1) is 0 Å². The average Bonchev–Trinajstić information content (AvgIpc) is 3.03. The number of aliphatic carboxylic acids is 1. The van der Waals surface area contributed by atoms with Crippen molar-refractivity contribution in [2.45, 2.75) is 161 Å². The highest BCUT2D eigenvalue weighted by Gasteiger charge is 2.25. The molecule has 0 aromatic carbocycles. The summed E-state index contributed by atoms with van der Waals surface area (Å²) in [4.78, 5) is 36.6. The number of carboxylic acids is 1. The number of hydrogen-bond donors (Lipinski definition) is 0. The zero-order valence-electron chi connectivity index (χ0n) is 31.4. The molecule has 0 saturated carbocycles. The Morgan fingerprint density at radius 3 is 1.71 bits per heavy atom. The minimum absolute atomic E-state index is 0.0325. The molecule has 48 heavy (non-hydrogen) atoms. The predicted molar refractivity (Wildman–Crippen MR) is 194 cm³/mol. The molecule has 8 nitrogen and oxygen atoms in total. The summed E-state index contributed by atoms with van der Waals surface area (Å²) in [6.07, 6.45) is 33.1. The van der Waals surface area contributed by atoms with E-state index in [1.807, 2.05) is 0 Å². The zero-order chi connectivity index (χ0) is 35.7. The monoisotopic (exact) mass is 678 g/mol. The first-order chi connectivity index (χ1) is 23.1. The maximum Gasteiger partial charge on any atom is 0.306 e. The van der Waals surface area contributed by atoms with Gasteiger partial charge in [0.15, 0.2) is 6.10 Å². The predicted octanol–water partition coefficient (Wildman–Crippen LogP) is 8.18. The molecule has 8 heteroatoms. The van der Waals surface area contributed by atoms with Crippen LogP contribution in [0.15, 0.2) is 36.5 Å². The van der Waals surface area contributed by atoms with E-state index in [1.165, 1.54) is 32.1 Å². The van der Waals surface area contributed by atoms with E-state index in [9.17, 15) is 19.5 Å².